The first-order chi connectivity index (χ1) is 9.22. The molecule has 0 saturated heterocycles. The average Bonchev–Trinajstić information content (AvgIpc) is 2.46. The standard InChI is InChI=1S/C15H13FO2S/c1-18-14-8-4-2-6-11(14)13(17)10-19-15-9-5-3-7-12(15)16/h2-9H,10H2,1H3. The molecule has 4 heteroatoms. The minimum Gasteiger partial charge on any atom is -0.496 e. The van der Waals surface area contributed by atoms with E-state index >= 15 is 0 Å². The van der Waals surface area contributed by atoms with Gasteiger partial charge in [-0.05, 0) is 24.3 Å². The zero-order valence-electron chi connectivity index (χ0n) is 10.4. The highest BCUT2D eigenvalue weighted by Gasteiger charge is 2.12. The lowest BCUT2D eigenvalue weighted by Crippen LogP contribution is -2.04. The maximum Gasteiger partial charge on any atom is 0.176 e. The first-order valence-corrected chi connectivity index (χ1v) is 6.74. The number of para-hydroxylation sites is 1. The Morgan fingerprint density at radius 3 is 2.58 bits per heavy atom. The predicted octanol–water partition coefficient (Wildman–Crippen LogP) is 3.81. The maximum atomic E-state index is 13.4. The van der Waals surface area contributed by atoms with Gasteiger partial charge in [-0.25, -0.2) is 4.39 Å². The van der Waals surface area contributed by atoms with Crippen molar-refractivity contribution in [1.82, 2.24) is 0 Å². The van der Waals surface area contributed by atoms with Crippen molar-refractivity contribution in [3.05, 3.63) is 59.9 Å². The van der Waals surface area contributed by atoms with E-state index in [2.05, 4.69) is 0 Å². The summed E-state index contributed by atoms with van der Waals surface area (Å²) in [5.74, 6) is 0.342. The highest BCUT2D eigenvalue weighted by molar-refractivity contribution is 8.00. The molecule has 2 rings (SSSR count). The van der Waals surface area contributed by atoms with Crippen molar-refractivity contribution >= 4 is 17.5 Å². The van der Waals surface area contributed by atoms with E-state index in [0.717, 1.165) is 0 Å². The van der Waals surface area contributed by atoms with Crippen molar-refractivity contribution < 1.29 is 13.9 Å². The Labute approximate surface area is 115 Å². The number of rotatable bonds is 5. The molecule has 0 bridgehead atoms. The molecule has 0 fully saturated rings. The molecule has 98 valence electrons. The van der Waals surface area contributed by atoms with Crippen LogP contribution in [0.3, 0.4) is 0 Å². The van der Waals surface area contributed by atoms with Crippen LogP contribution in [0.1, 0.15) is 10.4 Å². The molecule has 0 atom stereocenters. The van der Waals surface area contributed by atoms with Crippen molar-refractivity contribution in [1.29, 1.82) is 0 Å². The quantitative estimate of drug-likeness (QED) is 0.613. The summed E-state index contributed by atoms with van der Waals surface area (Å²) in [6.45, 7) is 0. The van der Waals surface area contributed by atoms with Gasteiger partial charge < -0.3 is 4.74 Å². The topological polar surface area (TPSA) is 26.3 Å². The van der Waals surface area contributed by atoms with E-state index in [1.807, 2.05) is 0 Å². The Morgan fingerprint density at radius 1 is 1.16 bits per heavy atom. The van der Waals surface area contributed by atoms with Crippen LogP contribution in [0.25, 0.3) is 0 Å². The average molecular weight is 276 g/mol. The van der Waals surface area contributed by atoms with E-state index < -0.39 is 0 Å². The number of methoxy groups -OCH3 is 1. The van der Waals surface area contributed by atoms with E-state index in [-0.39, 0.29) is 17.4 Å². The third-order valence-electron chi connectivity index (χ3n) is 2.60. The molecule has 0 unspecified atom stereocenters. The minimum atomic E-state index is -0.305. The molecule has 2 nitrogen and oxygen atoms in total. The normalized spacial score (nSPS) is 10.2. The SMILES string of the molecule is COc1ccccc1C(=O)CSc1ccccc1F. The summed E-state index contributed by atoms with van der Waals surface area (Å²) in [7, 11) is 1.52. The molecular weight excluding hydrogens is 263 g/mol. The van der Waals surface area contributed by atoms with Crippen molar-refractivity contribution in [3.63, 3.8) is 0 Å². The van der Waals surface area contributed by atoms with Gasteiger partial charge in [0.15, 0.2) is 5.78 Å². The number of Topliss-reactive ketones (excluding diaryl/α,β-unsaturated/α-hetero) is 1. The van der Waals surface area contributed by atoms with Gasteiger partial charge in [0.2, 0.25) is 0 Å². The van der Waals surface area contributed by atoms with Crippen molar-refractivity contribution in [2.24, 2.45) is 0 Å². The Hall–Kier alpha value is -1.81. The second-order valence-electron chi connectivity index (χ2n) is 3.84. The monoisotopic (exact) mass is 276 g/mol. The number of hydrogen-bond acceptors (Lipinski definition) is 3. The number of benzene rings is 2. The van der Waals surface area contributed by atoms with Gasteiger partial charge in [-0.15, -0.1) is 11.8 Å². The van der Waals surface area contributed by atoms with Crippen LogP contribution in [0.15, 0.2) is 53.4 Å². The van der Waals surface area contributed by atoms with E-state index in [0.29, 0.717) is 16.2 Å². The summed E-state index contributed by atoms with van der Waals surface area (Å²) >= 11 is 1.19. The zero-order valence-corrected chi connectivity index (χ0v) is 11.2. The zero-order chi connectivity index (χ0) is 13.7. The molecular formula is C15H13FO2S. The fourth-order valence-electron chi connectivity index (χ4n) is 1.66. The van der Waals surface area contributed by atoms with Crippen LogP contribution >= 0.6 is 11.8 Å². The van der Waals surface area contributed by atoms with Gasteiger partial charge in [-0.3, -0.25) is 4.79 Å². The molecule has 0 aromatic heterocycles. The van der Waals surface area contributed by atoms with Gasteiger partial charge in [0.1, 0.15) is 11.6 Å². The molecule has 0 aliphatic heterocycles. The number of hydrogen-bond donors (Lipinski definition) is 0. The van der Waals surface area contributed by atoms with Gasteiger partial charge in [0.05, 0.1) is 18.4 Å². The minimum absolute atomic E-state index is 0.0781. The van der Waals surface area contributed by atoms with Crippen molar-refractivity contribution in [2.45, 2.75) is 4.90 Å². The summed E-state index contributed by atoms with van der Waals surface area (Å²) in [5.41, 5.74) is 0.522. The highest BCUT2D eigenvalue weighted by Crippen LogP contribution is 2.24. The number of carbonyl (C=O) groups is 1. The summed E-state index contributed by atoms with van der Waals surface area (Å²) in [5, 5.41) is 0. The molecule has 0 amide bonds. The van der Waals surface area contributed by atoms with Crippen LogP contribution in [-0.4, -0.2) is 18.6 Å². The fraction of sp³-hybridized carbons (Fsp3) is 0.133. The van der Waals surface area contributed by atoms with Crippen molar-refractivity contribution in [2.75, 3.05) is 12.9 Å². The van der Waals surface area contributed by atoms with Crippen LogP contribution in [-0.2, 0) is 0 Å². The lowest BCUT2D eigenvalue weighted by Gasteiger charge is -2.07. The Balaban J connectivity index is 2.08. The third kappa shape index (κ3) is 3.35. The number of thioether (sulfide) groups is 1. The molecule has 0 saturated carbocycles. The van der Waals surface area contributed by atoms with Gasteiger partial charge in [0, 0.05) is 4.90 Å². The summed E-state index contributed by atoms with van der Waals surface area (Å²) < 4.78 is 18.6. The summed E-state index contributed by atoms with van der Waals surface area (Å²) in [6, 6.07) is 13.5. The molecule has 0 aliphatic rings. The smallest absolute Gasteiger partial charge is 0.176 e. The second-order valence-corrected chi connectivity index (χ2v) is 4.86. The van der Waals surface area contributed by atoms with Crippen LogP contribution in [0.5, 0.6) is 5.75 Å². The summed E-state index contributed by atoms with van der Waals surface area (Å²) in [6.07, 6.45) is 0. The van der Waals surface area contributed by atoms with Gasteiger partial charge >= 0.3 is 0 Å². The lowest BCUT2D eigenvalue weighted by atomic mass is 10.1. The second kappa shape index (κ2) is 6.38. The lowest BCUT2D eigenvalue weighted by molar-refractivity contribution is 0.101. The number of carbonyl (C=O) groups excluding carboxylic acids is 1. The molecule has 0 heterocycles. The molecule has 2 aromatic rings. The van der Waals surface area contributed by atoms with Gasteiger partial charge in [-0.1, -0.05) is 24.3 Å². The van der Waals surface area contributed by atoms with E-state index in [9.17, 15) is 9.18 Å². The summed E-state index contributed by atoms with van der Waals surface area (Å²) in [4.78, 5) is 12.6. The van der Waals surface area contributed by atoms with Crippen LogP contribution in [0.4, 0.5) is 4.39 Å². The Kier molecular flexibility index (Phi) is 4.58. The molecule has 0 spiro atoms. The highest BCUT2D eigenvalue weighted by atomic mass is 32.2. The Morgan fingerprint density at radius 2 is 1.84 bits per heavy atom. The third-order valence-corrected chi connectivity index (χ3v) is 3.65. The van der Waals surface area contributed by atoms with E-state index in [1.165, 1.54) is 24.9 Å². The van der Waals surface area contributed by atoms with E-state index in [1.54, 1.807) is 42.5 Å². The van der Waals surface area contributed by atoms with Crippen LogP contribution < -0.4 is 4.74 Å². The predicted molar refractivity (Wildman–Crippen MR) is 74.4 cm³/mol. The fourth-order valence-corrected chi connectivity index (χ4v) is 2.48. The van der Waals surface area contributed by atoms with E-state index in [4.69, 9.17) is 4.74 Å². The number of ketones is 1. The number of ether oxygens (including phenoxy) is 1. The molecule has 19 heavy (non-hydrogen) atoms. The first kappa shape index (κ1) is 13.6. The van der Waals surface area contributed by atoms with Crippen molar-refractivity contribution in [3.8, 4) is 5.75 Å². The molecule has 0 N–H and O–H groups in total. The maximum absolute atomic E-state index is 13.4. The van der Waals surface area contributed by atoms with Gasteiger partial charge in [-0.2, -0.15) is 0 Å². The largest absolute Gasteiger partial charge is 0.496 e. The van der Waals surface area contributed by atoms with Gasteiger partial charge in [0.25, 0.3) is 0 Å². The first-order valence-electron chi connectivity index (χ1n) is 5.76. The van der Waals surface area contributed by atoms with Crippen LogP contribution in [0.2, 0.25) is 0 Å². The molecule has 0 radical (unpaired) electrons. The molecule has 0 aliphatic carbocycles. The van der Waals surface area contributed by atoms with Crippen LogP contribution in [0, 0.1) is 5.82 Å². The number of halogens is 1. The Bertz CT molecular complexity index is 584. The molecule has 2 aromatic carbocycles.